The number of aryl methyl sites for hydroxylation is 1. The number of esters is 1. The minimum absolute atomic E-state index is 0.00763. The highest BCUT2D eigenvalue weighted by Crippen LogP contribution is 2.38. The lowest BCUT2D eigenvalue weighted by molar-refractivity contribution is -0.159. The van der Waals surface area contributed by atoms with Gasteiger partial charge in [0.15, 0.2) is 0 Å². The first kappa shape index (κ1) is 22.3. The SMILES string of the molecule is CCOC(=O)C1(CCc2ccccc2)CCN(CC2CC(CC(C)C)NN2)CC1. The molecule has 0 aliphatic carbocycles. The van der Waals surface area contributed by atoms with Crippen LogP contribution in [0.25, 0.3) is 0 Å². The van der Waals surface area contributed by atoms with E-state index in [1.54, 1.807) is 0 Å². The smallest absolute Gasteiger partial charge is 0.312 e. The fraction of sp³-hybridized carbons (Fsp3) is 0.708. The van der Waals surface area contributed by atoms with Gasteiger partial charge in [0.25, 0.3) is 0 Å². The molecule has 0 spiro atoms. The molecule has 29 heavy (non-hydrogen) atoms. The van der Waals surface area contributed by atoms with E-state index in [1.165, 1.54) is 18.4 Å². The van der Waals surface area contributed by atoms with Crippen LogP contribution in [0.3, 0.4) is 0 Å². The molecule has 162 valence electrons. The predicted octanol–water partition coefficient (Wildman–Crippen LogP) is 3.55. The zero-order valence-electron chi connectivity index (χ0n) is 18.5. The van der Waals surface area contributed by atoms with Crippen molar-refractivity contribution in [1.29, 1.82) is 0 Å². The number of nitrogens with zero attached hydrogens (tertiary/aromatic N) is 1. The lowest BCUT2D eigenvalue weighted by Gasteiger charge is -2.40. The Bertz CT molecular complexity index is 626. The lowest BCUT2D eigenvalue weighted by atomic mass is 9.74. The van der Waals surface area contributed by atoms with Crippen molar-refractivity contribution < 1.29 is 9.53 Å². The van der Waals surface area contributed by atoms with Gasteiger partial charge in [0.2, 0.25) is 0 Å². The molecule has 2 aliphatic rings. The highest BCUT2D eigenvalue weighted by Gasteiger charge is 2.42. The van der Waals surface area contributed by atoms with Gasteiger partial charge in [-0.15, -0.1) is 0 Å². The number of carbonyl (C=O) groups excluding carboxylic acids is 1. The molecule has 2 unspecified atom stereocenters. The van der Waals surface area contributed by atoms with E-state index in [1.807, 2.05) is 13.0 Å². The van der Waals surface area contributed by atoms with Crippen LogP contribution in [-0.2, 0) is 16.0 Å². The van der Waals surface area contributed by atoms with Gasteiger partial charge in [-0.25, -0.2) is 0 Å². The third-order valence-electron chi connectivity index (χ3n) is 6.55. The topological polar surface area (TPSA) is 53.6 Å². The maximum atomic E-state index is 12.9. The van der Waals surface area contributed by atoms with Crippen LogP contribution in [0.5, 0.6) is 0 Å². The molecule has 2 N–H and O–H groups in total. The summed E-state index contributed by atoms with van der Waals surface area (Å²) in [5.41, 5.74) is 7.93. The lowest BCUT2D eigenvalue weighted by Crippen LogP contribution is -2.49. The van der Waals surface area contributed by atoms with Gasteiger partial charge in [0.05, 0.1) is 12.0 Å². The Kier molecular flexibility index (Phi) is 8.10. The van der Waals surface area contributed by atoms with Crippen molar-refractivity contribution in [2.75, 3.05) is 26.2 Å². The van der Waals surface area contributed by atoms with Crippen LogP contribution in [0.15, 0.2) is 30.3 Å². The molecule has 1 aromatic rings. The van der Waals surface area contributed by atoms with Gasteiger partial charge in [0.1, 0.15) is 0 Å². The number of ether oxygens (including phenoxy) is 1. The minimum atomic E-state index is -0.329. The first-order valence-electron chi connectivity index (χ1n) is 11.5. The maximum Gasteiger partial charge on any atom is 0.312 e. The summed E-state index contributed by atoms with van der Waals surface area (Å²) in [7, 11) is 0. The molecule has 0 saturated carbocycles. The predicted molar refractivity (Wildman–Crippen MR) is 117 cm³/mol. The normalized spacial score (nSPS) is 24.7. The monoisotopic (exact) mass is 401 g/mol. The molecule has 2 heterocycles. The molecular weight excluding hydrogens is 362 g/mol. The van der Waals surface area contributed by atoms with E-state index >= 15 is 0 Å². The largest absolute Gasteiger partial charge is 0.466 e. The summed E-state index contributed by atoms with van der Waals surface area (Å²) in [6.07, 6.45) is 6.01. The summed E-state index contributed by atoms with van der Waals surface area (Å²) in [5.74, 6) is 0.728. The number of likely N-dealkylation sites (tertiary alicyclic amines) is 1. The number of carbonyl (C=O) groups is 1. The van der Waals surface area contributed by atoms with Gasteiger partial charge < -0.3 is 9.64 Å². The Morgan fingerprint density at radius 3 is 2.52 bits per heavy atom. The van der Waals surface area contributed by atoms with Crippen LogP contribution < -0.4 is 10.9 Å². The van der Waals surface area contributed by atoms with Crippen LogP contribution in [0.4, 0.5) is 0 Å². The second-order valence-corrected chi connectivity index (χ2v) is 9.33. The van der Waals surface area contributed by atoms with E-state index in [9.17, 15) is 4.79 Å². The summed E-state index contributed by atoms with van der Waals surface area (Å²) < 4.78 is 5.51. The van der Waals surface area contributed by atoms with Crippen molar-refractivity contribution in [1.82, 2.24) is 15.8 Å². The van der Waals surface area contributed by atoms with Crippen molar-refractivity contribution in [3.8, 4) is 0 Å². The second-order valence-electron chi connectivity index (χ2n) is 9.33. The van der Waals surface area contributed by atoms with E-state index in [-0.39, 0.29) is 11.4 Å². The standard InChI is InChI=1S/C24H39N3O2/c1-4-29-23(28)24(11-10-20-8-6-5-7-9-20)12-14-27(15-13-24)18-22-17-21(25-26-22)16-19(2)3/h5-9,19,21-22,25-26H,4,10-18H2,1-3H3. The molecule has 3 rings (SSSR count). The quantitative estimate of drug-likeness (QED) is 0.620. The summed E-state index contributed by atoms with van der Waals surface area (Å²) in [4.78, 5) is 15.4. The Balaban J connectivity index is 1.53. The fourth-order valence-corrected chi connectivity index (χ4v) is 4.89. The highest BCUT2D eigenvalue weighted by molar-refractivity contribution is 5.77. The van der Waals surface area contributed by atoms with Crippen molar-refractivity contribution in [2.24, 2.45) is 11.3 Å². The van der Waals surface area contributed by atoms with Crippen LogP contribution >= 0.6 is 0 Å². The molecular formula is C24H39N3O2. The first-order valence-corrected chi connectivity index (χ1v) is 11.5. The summed E-state index contributed by atoms with van der Waals surface area (Å²) in [5, 5.41) is 0. The Morgan fingerprint density at radius 1 is 1.17 bits per heavy atom. The molecule has 2 aliphatic heterocycles. The van der Waals surface area contributed by atoms with Crippen LogP contribution in [0.2, 0.25) is 0 Å². The van der Waals surface area contributed by atoms with Crippen molar-refractivity contribution >= 4 is 5.97 Å². The molecule has 0 aromatic heterocycles. The van der Waals surface area contributed by atoms with E-state index in [0.717, 1.165) is 51.2 Å². The Morgan fingerprint density at radius 2 is 1.86 bits per heavy atom. The molecule has 2 saturated heterocycles. The Hall–Kier alpha value is -1.43. The second kappa shape index (κ2) is 10.6. The third kappa shape index (κ3) is 6.27. The van der Waals surface area contributed by atoms with Crippen LogP contribution in [0.1, 0.15) is 58.4 Å². The van der Waals surface area contributed by atoms with Gasteiger partial charge in [0, 0.05) is 18.6 Å². The number of nitrogens with one attached hydrogen (secondary N) is 2. The number of rotatable bonds is 9. The van der Waals surface area contributed by atoms with Crippen molar-refractivity contribution in [2.45, 2.75) is 71.4 Å². The maximum absolute atomic E-state index is 12.9. The van der Waals surface area contributed by atoms with E-state index in [2.05, 4.69) is 53.9 Å². The number of benzene rings is 1. The first-order chi connectivity index (χ1) is 14.0. The van der Waals surface area contributed by atoms with Gasteiger partial charge in [-0.2, -0.15) is 0 Å². The number of piperidine rings is 1. The van der Waals surface area contributed by atoms with Crippen molar-refractivity contribution in [3.05, 3.63) is 35.9 Å². The highest BCUT2D eigenvalue weighted by atomic mass is 16.5. The average molecular weight is 402 g/mol. The molecule has 1 aromatic carbocycles. The van der Waals surface area contributed by atoms with Crippen LogP contribution in [0, 0.1) is 11.3 Å². The summed E-state index contributed by atoms with van der Waals surface area (Å²) >= 11 is 0. The fourth-order valence-electron chi connectivity index (χ4n) is 4.89. The Labute approximate surface area is 176 Å². The number of hydrazine groups is 1. The van der Waals surface area contributed by atoms with E-state index in [4.69, 9.17) is 4.74 Å². The molecule has 2 atom stereocenters. The van der Waals surface area contributed by atoms with Gasteiger partial charge in [-0.05, 0) is 70.0 Å². The molecule has 0 bridgehead atoms. The third-order valence-corrected chi connectivity index (χ3v) is 6.55. The minimum Gasteiger partial charge on any atom is -0.466 e. The average Bonchev–Trinajstić information content (AvgIpc) is 3.14. The molecule has 0 amide bonds. The van der Waals surface area contributed by atoms with E-state index in [0.29, 0.717) is 18.7 Å². The van der Waals surface area contributed by atoms with Crippen molar-refractivity contribution in [3.63, 3.8) is 0 Å². The van der Waals surface area contributed by atoms with Gasteiger partial charge in [-0.1, -0.05) is 44.2 Å². The zero-order valence-corrected chi connectivity index (χ0v) is 18.5. The van der Waals surface area contributed by atoms with Gasteiger partial charge >= 0.3 is 5.97 Å². The summed E-state index contributed by atoms with van der Waals surface area (Å²) in [6.45, 7) is 9.93. The molecule has 5 heteroatoms. The zero-order chi connectivity index (χ0) is 20.7. The molecule has 0 radical (unpaired) electrons. The molecule has 5 nitrogen and oxygen atoms in total. The summed E-state index contributed by atoms with van der Waals surface area (Å²) in [6, 6.07) is 11.6. The number of hydrogen-bond donors (Lipinski definition) is 2. The molecule has 2 fully saturated rings. The van der Waals surface area contributed by atoms with E-state index < -0.39 is 0 Å². The van der Waals surface area contributed by atoms with Crippen LogP contribution in [-0.4, -0.2) is 49.2 Å². The van der Waals surface area contributed by atoms with Gasteiger partial charge in [-0.3, -0.25) is 15.6 Å². The number of hydrogen-bond acceptors (Lipinski definition) is 5.